The highest BCUT2D eigenvalue weighted by molar-refractivity contribution is 8.07. The summed E-state index contributed by atoms with van der Waals surface area (Å²) in [6.07, 6.45) is 3.48. The quantitative estimate of drug-likeness (QED) is 0.314. The van der Waals surface area contributed by atoms with Gasteiger partial charge in [0.05, 0.1) is 0 Å². The lowest BCUT2D eigenvalue weighted by atomic mass is 9.50. The van der Waals surface area contributed by atoms with E-state index in [1.807, 2.05) is 26.8 Å². The molecule has 0 bridgehead atoms. The van der Waals surface area contributed by atoms with Crippen molar-refractivity contribution < 1.29 is 26.3 Å². The molecule has 0 aromatic carbocycles. The van der Waals surface area contributed by atoms with Gasteiger partial charge in [-0.25, -0.2) is 0 Å². The van der Waals surface area contributed by atoms with E-state index < -0.39 is 45.2 Å². The van der Waals surface area contributed by atoms with Gasteiger partial charge in [-0.15, -0.1) is 0 Å². The number of halogens is 6. The monoisotopic (exact) mass is 490 g/mol. The highest BCUT2D eigenvalue weighted by atomic mass is 32.2. The lowest BCUT2D eigenvalue weighted by Crippen LogP contribution is -2.47. The van der Waals surface area contributed by atoms with Gasteiger partial charge in [0.2, 0.25) is 0 Å². The maximum Gasteiger partial charge on any atom is 0.380 e. The molecule has 0 radical (unpaired) electrons. The van der Waals surface area contributed by atoms with Crippen LogP contribution in [0.5, 0.6) is 0 Å². The van der Waals surface area contributed by atoms with Crippen LogP contribution in [0.15, 0.2) is 55.4 Å². The number of alkyl halides is 6. The largest absolute Gasteiger partial charge is 0.380 e. The maximum absolute atomic E-state index is 15.3. The van der Waals surface area contributed by atoms with Gasteiger partial charge in [-0.1, -0.05) is 51.6 Å². The molecule has 0 amide bonds. The SMILES string of the molecule is CC1=C2CSCC3=CC(C(C)(C)C)=CC4=C5C(=C(S1)C2(C)C34C)C(F)(F)C(F)(F)C5(F)F. The number of allylic oxidation sites excluding steroid dienone is 8. The van der Waals surface area contributed by atoms with Gasteiger partial charge in [0.1, 0.15) is 0 Å². The zero-order chi connectivity index (χ0) is 23.9. The van der Waals surface area contributed by atoms with Gasteiger partial charge in [-0.3, -0.25) is 0 Å². The second kappa shape index (κ2) is 5.96. The molecule has 174 valence electrons. The van der Waals surface area contributed by atoms with Crippen molar-refractivity contribution in [2.24, 2.45) is 16.2 Å². The number of thioether (sulfide) groups is 2. The summed E-state index contributed by atoms with van der Waals surface area (Å²) in [5.41, 5.74) is -2.66. The molecular weight excluding hydrogens is 466 g/mol. The fourth-order valence-electron chi connectivity index (χ4n) is 5.91. The summed E-state index contributed by atoms with van der Waals surface area (Å²) >= 11 is 2.59. The van der Waals surface area contributed by atoms with Crippen molar-refractivity contribution in [1.82, 2.24) is 0 Å². The van der Waals surface area contributed by atoms with Crippen molar-refractivity contribution in [2.45, 2.75) is 59.3 Å². The molecule has 2 fully saturated rings. The summed E-state index contributed by atoms with van der Waals surface area (Å²) in [6, 6.07) is 0. The van der Waals surface area contributed by atoms with Gasteiger partial charge < -0.3 is 0 Å². The van der Waals surface area contributed by atoms with E-state index in [0.717, 1.165) is 27.8 Å². The second-order valence-electron chi connectivity index (χ2n) is 10.6. The number of fused-ring (bicyclic) bond motifs is 1. The van der Waals surface area contributed by atoms with E-state index in [1.165, 1.54) is 6.08 Å². The molecule has 32 heavy (non-hydrogen) atoms. The first-order valence-electron chi connectivity index (χ1n) is 10.5. The minimum Gasteiger partial charge on any atom is -0.194 e. The van der Waals surface area contributed by atoms with Crippen LogP contribution >= 0.6 is 23.5 Å². The summed E-state index contributed by atoms with van der Waals surface area (Å²) in [7, 11) is 0. The summed E-state index contributed by atoms with van der Waals surface area (Å²) in [4.78, 5) is 0.708. The molecule has 2 atom stereocenters. The van der Waals surface area contributed by atoms with Crippen molar-refractivity contribution in [3.05, 3.63) is 55.4 Å². The van der Waals surface area contributed by atoms with E-state index >= 15 is 17.6 Å². The fourth-order valence-corrected chi connectivity index (χ4v) is 8.97. The lowest BCUT2D eigenvalue weighted by molar-refractivity contribution is -0.258. The normalized spacial score (nSPS) is 36.6. The molecule has 2 aliphatic heterocycles. The van der Waals surface area contributed by atoms with Gasteiger partial charge >= 0.3 is 17.8 Å². The Bertz CT molecular complexity index is 1130. The van der Waals surface area contributed by atoms with Crippen LogP contribution in [-0.4, -0.2) is 29.3 Å². The zero-order valence-electron chi connectivity index (χ0n) is 18.7. The Morgan fingerprint density at radius 1 is 0.844 bits per heavy atom. The van der Waals surface area contributed by atoms with E-state index in [9.17, 15) is 8.78 Å². The molecule has 1 saturated heterocycles. The Morgan fingerprint density at radius 3 is 2.03 bits per heavy atom. The third kappa shape index (κ3) is 2.18. The standard InChI is InChI=1S/C24H24F6S2/c1-11-15-10-31-9-13-7-12(19(2,3)4)8-14-16-17(18(32-11)21(15,6)20(13,14)5)23(27,28)24(29,30)22(16,25)26/h7-8H,9-10H2,1-6H3. The summed E-state index contributed by atoms with van der Waals surface area (Å²) in [5.74, 6) is -14.4. The molecule has 0 N–H and O–H groups in total. The van der Waals surface area contributed by atoms with E-state index in [1.54, 1.807) is 32.5 Å². The molecule has 2 heterocycles. The van der Waals surface area contributed by atoms with Crippen molar-refractivity contribution in [2.75, 3.05) is 11.5 Å². The molecule has 0 aromatic rings. The molecule has 1 saturated carbocycles. The molecule has 0 spiro atoms. The third-order valence-corrected chi connectivity index (χ3v) is 10.5. The van der Waals surface area contributed by atoms with Crippen molar-refractivity contribution >= 4 is 23.5 Å². The van der Waals surface area contributed by atoms with Gasteiger partial charge in [0.25, 0.3) is 0 Å². The molecule has 0 nitrogen and oxygen atoms in total. The summed E-state index contributed by atoms with van der Waals surface area (Å²) in [5, 5.41) is 0. The Kier molecular flexibility index (Phi) is 4.24. The van der Waals surface area contributed by atoms with Crippen LogP contribution < -0.4 is 0 Å². The predicted molar refractivity (Wildman–Crippen MR) is 118 cm³/mol. The van der Waals surface area contributed by atoms with Crippen LogP contribution in [0.1, 0.15) is 41.5 Å². The highest BCUT2D eigenvalue weighted by Gasteiger charge is 2.84. The Hall–Kier alpha value is -1.02. The van der Waals surface area contributed by atoms with Crippen molar-refractivity contribution in [1.29, 1.82) is 0 Å². The summed E-state index contributed by atoms with van der Waals surface area (Å²) in [6.45, 7) is 11.0. The van der Waals surface area contributed by atoms with Crippen LogP contribution in [0.3, 0.4) is 0 Å². The first-order valence-corrected chi connectivity index (χ1v) is 12.5. The van der Waals surface area contributed by atoms with Gasteiger partial charge in [-0.2, -0.15) is 38.1 Å². The number of rotatable bonds is 0. The average Bonchev–Trinajstić information content (AvgIpc) is 2.89. The van der Waals surface area contributed by atoms with Crippen LogP contribution in [0.2, 0.25) is 0 Å². The average molecular weight is 491 g/mol. The third-order valence-electron chi connectivity index (χ3n) is 8.08. The van der Waals surface area contributed by atoms with Gasteiger partial charge in [0, 0.05) is 38.4 Å². The van der Waals surface area contributed by atoms with E-state index in [4.69, 9.17) is 0 Å². The molecule has 3 aliphatic carbocycles. The topological polar surface area (TPSA) is 0 Å². The van der Waals surface area contributed by atoms with Crippen molar-refractivity contribution in [3.8, 4) is 0 Å². The second-order valence-corrected chi connectivity index (χ2v) is 12.8. The minimum absolute atomic E-state index is 0.0332. The lowest BCUT2D eigenvalue weighted by Gasteiger charge is -2.53. The number of hydrogen-bond acceptors (Lipinski definition) is 2. The molecule has 5 rings (SSSR count). The first kappa shape index (κ1) is 22.8. The first-order chi connectivity index (χ1) is 14.4. The minimum atomic E-state index is -5.50. The molecule has 0 aromatic heterocycles. The highest BCUT2D eigenvalue weighted by Crippen LogP contribution is 2.78. The van der Waals surface area contributed by atoms with E-state index in [2.05, 4.69) is 0 Å². The van der Waals surface area contributed by atoms with E-state index in [0.29, 0.717) is 17.1 Å². The Morgan fingerprint density at radius 2 is 1.44 bits per heavy atom. The number of hydrogen-bond donors (Lipinski definition) is 0. The Balaban J connectivity index is 2.01. The van der Waals surface area contributed by atoms with Gasteiger partial charge in [-0.05, 0) is 46.5 Å². The molecule has 8 heteroatoms. The fraction of sp³-hybridized carbons (Fsp3) is 0.583. The maximum atomic E-state index is 15.3. The predicted octanol–water partition coefficient (Wildman–Crippen LogP) is 8.16. The van der Waals surface area contributed by atoms with Gasteiger partial charge in [0.15, 0.2) is 0 Å². The van der Waals surface area contributed by atoms with Crippen LogP contribution in [0, 0.1) is 16.2 Å². The van der Waals surface area contributed by atoms with Crippen LogP contribution in [0.4, 0.5) is 26.3 Å². The summed E-state index contributed by atoms with van der Waals surface area (Å²) < 4.78 is 90.7. The molecule has 5 aliphatic rings. The molecule has 2 unspecified atom stereocenters. The smallest absolute Gasteiger partial charge is 0.194 e. The van der Waals surface area contributed by atoms with Crippen LogP contribution in [-0.2, 0) is 0 Å². The Labute approximate surface area is 192 Å². The van der Waals surface area contributed by atoms with Crippen molar-refractivity contribution in [3.63, 3.8) is 0 Å². The molecular formula is C24H24F6S2. The van der Waals surface area contributed by atoms with Crippen LogP contribution in [0.25, 0.3) is 0 Å². The zero-order valence-corrected chi connectivity index (χ0v) is 20.3. The van der Waals surface area contributed by atoms with E-state index in [-0.39, 0.29) is 10.5 Å².